The number of ether oxygens (including phenoxy) is 2. The summed E-state index contributed by atoms with van der Waals surface area (Å²) in [5, 5.41) is 0.833. The molecular weight excluding hydrogens is 368 g/mol. The van der Waals surface area contributed by atoms with Gasteiger partial charge in [0.1, 0.15) is 17.9 Å². The van der Waals surface area contributed by atoms with Gasteiger partial charge in [-0.2, -0.15) is 0 Å². The lowest BCUT2D eigenvalue weighted by atomic mass is 10.0. The SMILES string of the molecule is Cc1ccccc1COc1cc2oc(=O)cc(C)c2cc1CCC(=O)OC(C)C. The first-order valence-electron chi connectivity index (χ1n) is 9.77. The quantitative estimate of drug-likeness (QED) is 0.422. The molecule has 5 heteroatoms. The summed E-state index contributed by atoms with van der Waals surface area (Å²) in [6.07, 6.45) is 0.580. The molecule has 0 aliphatic rings. The summed E-state index contributed by atoms with van der Waals surface area (Å²) < 4.78 is 16.7. The molecule has 29 heavy (non-hydrogen) atoms. The first-order valence-corrected chi connectivity index (χ1v) is 9.77. The molecule has 0 atom stereocenters. The van der Waals surface area contributed by atoms with E-state index >= 15 is 0 Å². The lowest BCUT2D eigenvalue weighted by molar-refractivity contribution is -0.147. The molecule has 0 aliphatic carbocycles. The van der Waals surface area contributed by atoms with Crippen molar-refractivity contribution in [2.45, 2.75) is 53.2 Å². The van der Waals surface area contributed by atoms with Crippen molar-refractivity contribution in [2.75, 3.05) is 0 Å². The zero-order chi connectivity index (χ0) is 21.0. The molecule has 0 amide bonds. The fourth-order valence-corrected chi connectivity index (χ4v) is 3.21. The number of benzene rings is 2. The van der Waals surface area contributed by atoms with Crippen LogP contribution in [0.5, 0.6) is 5.75 Å². The van der Waals surface area contributed by atoms with Crippen LogP contribution in [0.25, 0.3) is 11.0 Å². The Morgan fingerprint density at radius 2 is 1.79 bits per heavy atom. The lowest BCUT2D eigenvalue weighted by Gasteiger charge is -2.15. The standard InChI is InChI=1S/C24H26O5/c1-15(2)28-23(25)10-9-18-12-20-17(4)11-24(26)29-22(20)13-21(18)27-14-19-8-6-5-7-16(19)3/h5-8,11-13,15H,9-10,14H2,1-4H3. The number of fused-ring (bicyclic) bond motifs is 1. The van der Waals surface area contributed by atoms with Gasteiger partial charge in [0.15, 0.2) is 0 Å². The maximum atomic E-state index is 12.0. The minimum Gasteiger partial charge on any atom is -0.488 e. The number of carbonyl (C=O) groups excluding carboxylic acids is 1. The molecule has 152 valence electrons. The average molecular weight is 394 g/mol. The van der Waals surface area contributed by atoms with Gasteiger partial charge in [-0.05, 0) is 62.4 Å². The first kappa shape index (κ1) is 20.6. The van der Waals surface area contributed by atoms with E-state index in [4.69, 9.17) is 13.9 Å². The molecule has 0 saturated heterocycles. The van der Waals surface area contributed by atoms with Crippen molar-refractivity contribution in [3.05, 3.63) is 75.1 Å². The molecule has 0 unspecified atom stereocenters. The van der Waals surface area contributed by atoms with Crippen molar-refractivity contribution in [2.24, 2.45) is 0 Å². The Bertz CT molecular complexity index is 1080. The summed E-state index contributed by atoms with van der Waals surface area (Å²) in [6.45, 7) is 7.94. The summed E-state index contributed by atoms with van der Waals surface area (Å²) in [6, 6.07) is 13.1. The second kappa shape index (κ2) is 8.95. The van der Waals surface area contributed by atoms with Gasteiger partial charge >= 0.3 is 11.6 Å². The topological polar surface area (TPSA) is 65.7 Å². The largest absolute Gasteiger partial charge is 0.488 e. The van der Waals surface area contributed by atoms with Gasteiger partial charge in [0.2, 0.25) is 0 Å². The Hall–Kier alpha value is -3.08. The molecule has 3 aromatic rings. The van der Waals surface area contributed by atoms with Crippen molar-refractivity contribution in [3.8, 4) is 5.75 Å². The molecule has 0 saturated carbocycles. The van der Waals surface area contributed by atoms with E-state index in [9.17, 15) is 9.59 Å². The molecule has 1 aromatic heterocycles. The number of aryl methyl sites for hydroxylation is 3. The van der Waals surface area contributed by atoms with Crippen molar-refractivity contribution in [3.63, 3.8) is 0 Å². The molecule has 0 fully saturated rings. The number of esters is 1. The third-order valence-corrected chi connectivity index (χ3v) is 4.74. The maximum Gasteiger partial charge on any atom is 0.336 e. The van der Waals surface area contributed by atoms with E-state index in [1.54, 1.807) is 6.07 Å². The van der Waals surface area contributed by atoms with Crippen LogP contribution < -0.4 is 10.4 Å². The van der Waals surface area contributed by atoms with Gasteiger partial charge in [0, 0.05) is 23.9 Å². The first-order chi connectivity index (χ1) is 13.8. The minimum atomic E-state index is -0.395. The van der Waals surface area contributed by atoms with Gasteiger partial charge in [-0.3, -0.25) is 4.79 Å². The highest BCUT2D eigenvalue weighted by molar-refractivity contribution is 5.83. The third kappa shape index (κ3) is 5.25. The predicted octanol–water partition coefficient (Wildman–Crippen LogP) is 4.87. The van der Waals surface area contributed by atoms with Crippen LogP contribution in [0.2, 0.25) is 0 Å². The molecule has 0 bridgehead atoms. The summed E-state index contributed by atoms with van der Waals surface area (Å²) in [7, 11) is 0. The van der Waals surface area contributed by atoms with Crippen LogP contribution in [0.15, 0.2) is 51.7 Å². The lowest BCUT2D eigenvalue weighted by Crippen LogP contribution is -2.12. The molecule has 0 N–H and O–H groups in total. The van der Waals surface area contributed by atoms with E-state index < -0.39 is 5.63 Å². The van der Waals surface area contributed by atoms with E-state index in [2.05, 4.69) is 0 Å². The van der Waals surface area contributed by atoms with E-state index in [0.717, 1.165) is 27.6 Å². The van der Waals surface area contributed by atoms with Gasteiger partial charge in [0.25, 0.3) is 0 Å². The van der Waals surface area contributed by atoms with Crippen molar-refractivity contribution in [1.29, 1.82) is 0 Å². The highest BCUT2D eigenvalue weighted by atomic mass is 16.5. The second-order valence-corrected chi connectivity index (χ2v) is 7.46. The van der Waals surface area contributed by atoms with Crippen LogP contribution in [-0.2, 0) is 22.6 Å². The van der Waals surface area contributed by atoms with Gasteiger partial charge in [-0.25, -0.2) is 4.79 Å². The smallest absolute Gasteiger partial charge is 0.336 e. The molecule has 0 aliphatic heterocycles. The fraction of sp³-hybridized carbons (Fsp3) is 0.333. The van der Waals surface area contributed by atoms with Crippen LogP contribution in [0.4, 0.5) is 0 Å². The number of hydrogen-bond donors (Lipinski definition) is 0. The van der Waals surface area contributed by atoms with E-state index in [1.807, 2.05) is 58.0 Å². The highest BCUT2D eigenvalue weighted by Crippen LogP contribution is 2.29. The van der Waals surface area contributed by atoms with Crippen LogP contribution in [0, 0.1) is 13.8 Å². The second-order valence-electron chi connectivity index (χ2n) is 7.46. The van der Waals surface area contributed by atoms with Crippen LogP contribution in [-0.4, -0.2) is 12.1 Å². The molecule has 0 spiro atoms. The maximum absolute atomic E-state index is 12.0. The number of hydrogen-bond acceptors (Lipinski definition) is 5. The zero-order valence-corrected chi connectivity index (χ0v) is 17.3. The molecular formula is C24H26O5. The average Bonchev–Trinajstić information content (AvgIpc) is 2.65. The van der Waals surface area contributed by atoms with Crippen LogP contribution in [0.3, 0.4) is 0 Å². The fourth-order valence-electron chi connectivity index (χ4n) is 3.21. The Morgan fingerprint density at radius 3 is 2.52 bits per heavy atom. The summed E-state index contributed by atoms with van der Waals surface area (Å²) in [5.74, 6) is 0.355. The Labute approximate surface area is 170 Å². The summed E-state index contributed by atoms with van der Waals surface area (Å²) in [4.78, 5) is 23.8. The molecule has 0 radical (unpaired) electrons. The van der Waals surface area contributed by atoms with Gasteiger partial charge in [-0.1, -0.05) is 24.3 Å². The predicted molar refractivity (Wildman–Crippen MR) is 112 cm³/mol. The van der Waals surface area contributed by atoms with Crippen molar-refractivity contribution in [1.82, 2.24) is 0 Å². The van der Waals surface area contributed by atoms with E-state index in [1.165, 1.54) is 6.07 Å². The Kier molecular flexibility index (Phi) is 6.37. The zero-order valence-electron chi connectivity index (χ0n) is 17.3. The molecule has 1 heterocycles. The third-order valence-electron chi connectivity index (χ3n) is 4.74. The van der Waals surface area contributed by atoms with Gasteiger partial charge in [-0.15, -0.1) is 0 Å². The minimum absolute atomic E-state index is 0.146. The highest BCUT2D eigenvalue weighted by Gasteiger charge is 2.14. The monoisotopic (exact) mass is 394 g/mol. The Morgan fingerprint density at radius 1 is 1.03 bits per heavy atom. The van der Waals surface area contributed by atoms with Crippen molar-refractivity contribution >= 4 is 16.9 Å². The number of rotatable bonds is 7. The summed E-state index contributed by atoms with van der Waals surface area (Å²) >= 11 is 0. The van der Waals surface area contributed by atoms with Crippen LogP contribution in [0.1, 0.15) is 42.5 Å². The van der Waals surface area contributed by atoms with Crippen molar-refractivity contribution < 1.29 is 18.7 Å². The molecule has 3 rings (SSSR count). The van der Waals surface area contributed by atoms with Crippen LogP contribution >= 0.6 is 0 Å². The van der Waals surface area contributed by atoms with Gasteiger partial charge in [0.05, 0.1) is 6.10 Å². The summed E-state index contributed by atoms with van der Waals surface area (Å²) in [5.41, 5.74) is 3.99. The molecule has 5 nitrogen and oxygen atoms in total. The van der Waals surface area contributed by atoms with Gasteiger partial charge < -0.3 is 13.9 Å². The van der Waals surface area contributed by atoms with E-state index in [0.29, 0.717) is 24.4 Å². The molecule has 2 aromatic carbocycles. The Balaban J connectivity index is 1.92. The number of carbonyl (C=O) groups is 1. The normalized spacial score (nSPS) is 11.1. The van der Waals surface area contributed by atoms with E-state index in [-0.39, 0.29) is 18.5 Å².